The number of carbonyl (C=O) groups is 1. The van der Waals surface area contributed by atoms with Gasteiger partial charge in [-0.2, -0.15) is 0 Å². The summed E-state index contributed by atoms with van der Waals surface area (Å²) >= 11 is 0. The molecule has 0 atom stereocenters. The van der Waals surface area contributed by atoms with Crippen molar-refractivity contribution >= 4 is 11.5 Å². The number of nitrogens with one attached hydrogen (secondary N) is 1. The van der Waals surface area contributed by atoms with Crippen molar-refractivity contribution in [1.82, 2.24) is 0 Å². The van der Waals surface area contributed by atoms with Gasteiger partial charge in [-0.05, 0) is 38.8 Å². The second-order valence-corrected chi connectivity index (χ2v) is 4.66. The third-order valence-electron chi connectivity index (χ3n) is 2.84. The minimum atomic E-state index is 0.308. The molecule has 0 aromatic heterocycles. The quantitative estimate of drug-likeness (QED) is 0.689. The van der Waals surface area contributed by atoms with Gasteiger partial charge in [-0.25, -0.2) is 0 Å². The number of hydrogen-bond acceptors (Lipinski definition) is 2. The molecule has 2 heteroatoms. The molecule has 94 valence electrons. The summed E-state index contributed by atoms with van der Waals surface area (Å²) in [4.78, 5) is 10.7. The molecule has 0 fully saturated rings. The minimum absolute atomic E-state index is 0.308. The van der Waals surface area contributed by atoms with Gasteiger partial charge in [-0.3, -0.25) is 0 Å². The zero-order valence-electron chi connectivity index (χ0n) is 11.0. The number of anilines is 1. The summed E-state index contributed by atoms with van der Waals surface area (Å²) in [5.74, 6) is 0.308. The predicted molar refractivity (Wildman–Crippen MR) is 73.4 cm³/mol. The maximum atomic E-state index is 10.7. The molecule has 17 heavy (non-hydrogen) atoms. The molecule has 0 aliphatic heterocycles. The van der Waals surface area contributed by atoms with Crippen molar-refractivity contribution in [3.8, 4) is 0 Å². The summed E-state index contributed by atoms with van der Waals surface area (Å²) in [6, 6.07) is 8.47. The van der Waals surface area contributed by atoms with E-state index < -0.39 is 0 Å². The first kappa shape index (κ1) is 13.8. The third kappa shape index (κ3) is 6.77. The van der Waals surface area contributed by atoms with Gasteiger partial charge >= 0.3 is 0 Å². The van der Waals surface area contributed by atoms with Gasteiger partial charge in [0.25, 0.3) is 0 Å². The van der Waals surface area contributed by atoms with Crippen LogP contribution in [0, 0.1) is 6.92 Å². The van der Waals surface area contributed by atoms with E-state index in [4.69, 9.17) is 0 Å². The molecule has 2 nitrogen and oxygen atoms in total. The van der Waals surface area contributed by atoms with E-state index in [0.717, 1.165) is 25.8 Å². The molecule has 0 radical (unpaired) electrons. The fourth-order valence-corrected chi connectivity index (χ4v) is 1.76. The van der Waals surface area contributed by atoms with Gasteiger partial charge in [0.05, 0.1) is 0 Å². The second-order valence-electron chi connectivity index (χ2n) is 4.66. The summed E-state index contributed by atoms with van der Waals surface area (Å²) in [5, 5.41) is 3.40. The molecular formula is C15H23NO. The Kier molecular flexibility index (Phi) is 6.38. The highest BCUT2D eigenvalue weighted by Crippen LogP contribution is 2.09. The highest BCUT2D eigenvalue weighted by atomic mass is 16.1. The van der Waals surface area contributed by atoms with Gasteiger partial charge in [0.2, 0.25) is 0 Å². The average Bonchev–Trinajstić information content (AvgIpc) is 2.30. The lowest BCUT2D eigenvalue weighted by atomic mass is 10.1. The summed E-state index contributed by atoms with van der Waals surface area (Å²) < 4.78 is 0. The number of carbonyl (C=O) groups excluding carboxylic acids is 1. The fraction of sp³-hybridized carbons (Fsp3) is 0.533. The summed E-state index contributed by atoms with van der Waals surface area (Å²) in [7, 11) is 0. The van der Waals surface area contributed by atoms with Crippen molar-refractivity contribution in [2.45, 2.75) is 46.0 Å². The van der Waals surface area contributed by atoms with Gasteiger partial charge < -0.3 is 10.1 Å². The largest absolute Gasteiger partial charge is 0.385 e. The van der Waals surface area contributed by atoms with Crippen molar-refractivity contribution in [2.75, 3.05) is 11.9 Å². The molecule has 1 aromatic carbocycles. The Morgan fingerprint density at radius 2 is 1.71 bits per heavy atom. The Hall–Kier alpha value is -1.31. The highest BCUT2D eigenvalue weighted by Gasteiger charge is 1.94. The van der Waals surface area contributed by atoms with Gasteiger partial charge in [0.1, 0.15) is 5.78 Å². The number of ketones is 1. The number of benzene rings is 1. The molecule has 0 unspecified atom stereocenters. The second kappa shape index (κ2) is 7.88. The molecule has 0 heterocycles. The SMILES string of the molecule is CC(=O)CCCCCCNc1ccc(C)cc1. The van der Waals surface area contributed by atoms with Crippen LogP contribution in [0.25, 0.3) is 0 Å². The molecule has 0 saturated heterocycles. The Balaban J connectivity index is 2.01. The molecule has 0 saturated carbocycles. The summed E-state index contributed by atoms with van der Waals surface area (Å²) in [6.45, 7) is 4.78. The fourth-order valence-electron chi connectivity index (χ4n) is 1.76. The molecule has 0 amide bonds. The molecule has 0 bridgehead atoms. The Morgan fingerprint density at radius 3 is 2.35 bits per heavy atom. The van der Waals surface area contributed by atoms with E-state index >= 15 is 0 Å². The van der Waals surface area contributed by atoms with E-state index in [1.54, 1.807) is 6.92 Å². The molecule has 0 spiro atoms. The third-order valence-corrected chi connectivity index (χ3v) is 2.84. The Morgan fingerprint density at radius 1 is 1.06 bits per heavy atom. The Labute approximate surface area is 104 Å². The zero-order chi connectivity index (χ0) is 12.5. The van der Waals surface area contributed by atoms with Crippen LogP contribution < -0.4 is 5.32 Å². The van der Waals surface area contributed by atoms with Gasteiger partial charge in [-0.15, -0.1) is 0 Å². The molecule has 0 aliphatic carbocycles. The predicted octanol–water partition coefficient (Wildman–Crippen LogP) is 3.95. The molecular weight excluding hydrogens is 210 g/mol. The van der Waals surface area contributed by atoms with Crippen molar-refractivity contribution in [2.24, 2.45) is 0 Å². The van der Waals surface area contributed by atoms with Crippen LogP contribution in [0.4, 0.5) is 5.69 Å². The van der Waals surface area contributed by atoms with Crippen LogP contribution in [0.2, 0.25) is 0 Å². The van der Waals surface area contributed by atoms with Crippen LogP contribution in [0.5, 0.6) is 0 Å². The number of unbranched alkanes of at least 4 members (excludes halogenated alkanes) is 3. The lowest BCUT2D eigenvalue weighted by Crippen LogP contribution is -2.01. The van der Waals surface area contributed by atoms with E-state index in [2.05, 4.69) is 36.5 Å². The van der Waals surface area contributed by atoms with Gasteiger partial charge in [0, 0.05) is 18.7 Å². The van der Waals surface area contributed by atoms with E-state index in [1.165, 1.54) is 24.1 Å². The van der Waals surface area contributed by atoms with Crippen LogP contribution in [0.1, 0.15) is 44.6 Å². The monoisotopic (exact) mass is 233 g/mol. The highest BCUT2D eigenvalue weighted by molar-refractivity contribution is 5.75. The lowest BCUT2D eigenvalue weighted by molar-refractivity contribution is -0.117. The minimum Gasteiger partial charge on any atom is -0.385 e. The molecule has 1 rings (SSSR count). The average molecular weight is 233 g/mol. The number of rotatable bonds is 8. The first-order valence-corrected chi connectivity index (χ1v) is 6.48. The van der Waals surface area contributed by atoms with Gasteiger partial charge in [0.15, 0.2) is 0 Å². The van der Waals surface area contributed by atoms with Crippen molar-refractivity contribution < 1.29 is 4.79 Å². The molecule has 1 aromatic rings. The van der Waals surface area contributed by atoms with Crippen molar-refractivity contribution in [3.05, 3.63) is 29.8 Å². The topological polar surface area (TPSA) is 29.1 Å². The first-order valence-electron chi connectivity index (χ1n) is 6.48. The van der Waals surface area contributed by atoms with E-state index in [-0.39, 0.29) is 0 Å². The number of aryl methyl sites for hydroxylation is 1. The van der Waals surface area contributed by atoms with E-state index in [1.807, 2.05) is 0 Å². The van der Waals surface area contributed by atoms with E-state index in [9.17, 15) is 4.79 Å². The molecule has 0 aliphatic rings. The zero-order valence-corrected chi connectivity index (χ0v) is 11.0. The molecule has 1 N–H and O–H groups in total. The van der Waals surface area contributed by atoms with Crippen LogP contribution in [-0.2, 0) is 4.79 Å². The van der Waals surface area contributed by atoms with Crippen molar-refractivity contribution in [3.63, 3.8) is 0 Å². The number of hydrogen-bond donors (Lipinski definition) is 1. The standard InChI is InChI=1S/C15H23NO/c1-13-8-10-15(11-9-13)16-12-6-4-3-5-7-14(2)17/h8-11,16H,3-7,12H2,1-2H3. The summed E-state index contributed by atoms with van der Waals surface area (Å²) in [6.07, 6.45) is 5.32. The lowest BCUT2D eigenvalue weighted by Gasteiger charge is -2.06. The van der Waals surface area contributed by atoms with Crippen LogP contribution in [0.3, 0.4) is 0 Å². The van der Waals surface area contributed by atoms with Crippen LogP contribution in [-0.4, -0.2) is 12.3 Å². The summed E-state index contributed by atoms with van der Waals surface area (Å²) in [5.41, 5.74) is 2.49. The van der Waals surface area contributed by atoms with Crippen LogP contribution in [0.15, 0.2) is 24.3 Å². The first-order chi connectivity index (χ1) is 8.18. The van der Waals surface area contributed by atoms with Crippen molar-refractivity contribution in [1.29, 1.82) is 0 Å². The Bertz CT molecular complexity index is 329. The smallest absolute Gasteiger partial charge is 0.129 e. The van der Waals surface area contributed by atoms with E-state index in [0.29, 0.717) is 5.78 Å². The maximum absolute atomic E-state index is 10.7. The number of Topliss-reactive ketones (excluding diaryl/α,β-unsaturated/α-hetero) is 1. The normalized spacial score (nSPS) is 10.2. The van der Waals surface area contributed by atoms with Crippen LogP contribution >= 0.6 is 0 Å². The van der Waals surface area contributed by atoms with Gasteiger partial charge in [-0.1, -0.05) is 30.5 Å². The maximum Gasteiger partial charge on any atom is 0.129 e.